The molecule has 11 heteroatoms. The molecule has 0 radical (unpaired) electrons. The van der Waals surface area contributed by atoms with E-state index in [0.29, 0.717) is 19.8 Å². The maximum absolute atomic E-state index is 10.6. The number of carboxylic acid groups (broad SMARTS) is 1. The smallest absolute Gasteiger partial charge is 0.475 e. The lowest BCUT2D eigenvalue weighted by atomic mass is 10.2. The second-order valence-corrected chi connectivity index (χ2v) is 7.05. The molecular weight excluding hydrogens is 421 g/mol. The van der Waals surface area contributed by atoms with Crippen molar-refractivity contribution in [1.82, 2.24) is 9.97 Å². The number of likely N-dealkylation sites (N-methyl/N-ethyl adjacent to an activating group) is 1. The predicted octanol–water partition coefficient (Wildman–Crippen LogP) is 3.40. The third-order valence-corrected chi connectivity index (χ3v) is 4.90. The SMILES string of the molecule is CN(CCOCCN)c1ncnc2sc(-c3ccccc3)cc12.O=C(O)C(F)(F)F. The minimum Gasteiger partial charge on any atom is -0.475 e. The van der Waals surface area contributed by atoms with Crippen LogP contribution in [-0.4, -0.2) is 60.6 Å². The Kier molecular flexibility index (Phi) is 8.51. The van der Waals surface area contributed by atoms with Crippen molar-refractivity contribution in [3.05, 3.63) is 42.7 Å². The molecule has 0 aliphatic rings. The highest BCUT2D eigenvalue weighted by atomic mass is 32.1. The minimum atomic E-state index is -5.08. The molecule has 0 spiro atoms. The Labute approximate surface area is 174 Å². The molecule has 0 amide bonds. The van der Waals surface area contributed by atoms with Gasteiger partial charge in [0.05, 0.1) is 18.6 Å². The molecule has 0 unspecified atom stereocenters. The fourth-order valence-electron chi connectivity index (χ4n) is 2.38. The average Bonchev–Trinajstić information content (AvgIpc) is 3.16. The molecule has 30 heavy (non-hydrogen) atoms. The zero-order chi connectivity index (χ0) is 22.1. The lowest BCUT2D eigenvalue weighted by Crippen LogP contribution is -2.24. The fraction of sp³-hybridized carbons (Fsp3) is 0.316. The van der Waals surface area contributed by atoms with Crippen molar-refractivity contribution in [2.75, 3.05) is 38.3 Å². The number of halogens is 3. The van der Waals surface area contributed by atoms with E-state index in [9.17, 15) is 13.2 Å². The maximum atomic E-state index is 10.6. The van der Waals surface area contributed by atoms with Crippen LogP contribution in [0.15, 0.2) is 42.7 Å². The summed E-state index contributed by atoms with van der Waals surface area (Å²) in [6, 6.07) is 12.5. The van der Waals surface area contributed by atoms with E-state index in [-0.39, 0.29) is 0 Å². The van der Waals surface area contributed by atoms with Crippen molar-refractivity contribution >= 4 is 33.3 Å². The van der Waals surface area contributed by atoms with Crippen LogP contribution in [0.2, 0.25) is 0 Å². The first-order chi connectivity index (χ1) is 14.2. The van der Waals surface area contributed by atoms with Gasteiger partial charge in [-0.1, -0.05) is 30.3 Å². The third-order valence-electron chi connectivity index (χ3n) is 3.80. The number of hydrogen-bond donors (Lipinski definition) is 2. The summed E-state index contributed by atoms with van der Waals surface area (Å²) in [4.78, 5) is 22.1. The Morgan fingerprint density at radius 3 is 2.50 bits per heavy atom. The Bertz CT molecular complexity index is 951. The van der Waals surface area contributed by atoms with Gasteiger partial charge in [0.2, 0.25) is 0 Å². The summed E-state index contributed by atoms with van der Waals surface area (Å²) >= 11 is 1.69. The largest absolute Gasteiger partial charge is 0.490 e. The van der Waals surface area contributed by atoms with Gasteiger partial charge < -0.3 is 20.5 Å². The van der Waals surface area contributed by atoms with Crippen LogP contribution in [0.4, 0.5) is 19.0 Å². The summed E-state index contributed by atoms with van der Waals surface area (Å²) < 4.78 is 37.2. The molecular formula is C19H21F3N4O3S. The second kappa shape index (κ2) is 10.9. The standard InChI is InChI=1S/C17H20N4OS.C2HF3O2/c1-21(8-10-22-9-7-18)16-14-11-15(13-5-3-2-4-6-13)23-17(14)20-12-19-16;3-2(4,5)1(6)7/h2-6,11-12H,7-10,18H2,1H3;(H,6,7). The first-order valence-electron chi connectivity index (χ1n) is 8.83. The van der Waals surface area contributed by atoms with Crippen molar-refractivity contribution in [2.45, 2.75) is 6.18 Å². The first-order valence-corrected chi connectivity index (χ1v) is 9.64. The molecule has 3 N–H and O–H groups in total. The zero-order valence-electron chi connectivity index (χ0n) is 16.1. The number of rotatable bonds is 7. The number of hydrogen-bond acceptors (Lipinski definition) is 7. The molecule has 1 aromatic carbocycles. The second-order valence-electron chi connectivity index (χ2n) is 6.02. The molecule has 2 heterocycles. The highest BCUT2D eigenvalue weighted by molar-refractivity contribution is 7.21. The fourth-order valence-corrected chi connectivity index (χ4v) is 3.38. The Hall–Kier alpha value is -2.76. The van der Waals surface area contributed by atoms with E-state index >= 15 is 0 Å². The summed E-state index contributed by atoms with van der Waals surface area (Å²) in [7, 11) is 2.02. The Morgan fingerprint density at radius 2 is 1.90 bits per heavy atom. The highest BCUT2D eigenvalue weighted by Gasteiger charge is 2.38. The molecule has 0 atom stereocenters. The van der Waals surface area contributed by atoms with Gasteiger partial charge in [0.15, 0.2) is 0 Å². The van der Waals surface area contributed by atoms with Gasteiger partial charge in [0.25, 0.3) is 0 Å². The third kappa shape index (κ3) is 6.65. The van der Waals surface area contributed by atoms with E-state index in [1.807, 2.05) is 25.2 Å². The number of nitrogens with zero attached hydrogens (tertiary/aromatic N) is 3. The summed E-state index contributed by atoms with van der Waals surface area (Å²) in [6.45, 7) is 2.54. The van der Waals surface area contributed by atoms with Crippen LogP contribution in [0.25, 0.3) is 20.7 Å². The van der Waals surface area contributed by atoms with Gasteiger partial charge in [0.1, 0.15) is 17.0 Å². The summed E-state index contributed by atoms with van der Waals surface area (Å²) in [5.41, 5.74) is 6.64. The Morgan fingerprint density at radius 1 is 1.23 bits per heavy atom. The molecule has 2 aromatic heterocycles. The average molecular weight is 442 g/mol. The van der Waals surface area contributed by atoms with E-state index < -0.39 is 12.1 Å². The van der Waals surface area contributed by atoms with Gasteiger partial charge in [-0.2, -0.15) is 13.2 Å². The molecule has 3 rings (SSSR count). The number of anilines is 1. The highest BCUT2D eigenvalue weighted by Crippen LogP contribution is 2.35. The van der Waals surface area contributed by atoms with Crippen molar-refractivity contribution in [3.63, 3.8) is 0 Å². The number of carboxylic acids is 1. The van der Waals surface area contributed by atoms with Gasteiger partial charge in [-0.25, -0.2) is 14.8 Å². The first kappa shape index (κ1) is 23.5. The quantitative estimate of drug-likeness (QED) is 0.541. The number of alkyl halides is 3. The number of benzene rings is 1. The number of aromatic nitrogens is 2. The maximum Gasteiger partial charge on any atom is 0.490 e. The van der Waals surface area contributed by atoms with Crippen LogP contribution in [0, 0.1) is 0 Å². The minimum absolute atomic E-state index is 0.548. The van der Waals surface area contributed by atoms with Gasteiger partial charge >= 0.3 is 12.1 Å². The zero-order valence-corrected chi connectivity index (χ0v) is 16.9. The van der Waals surface area contributed by atoms with Crippen LogP contribution in [0.5, 0.6) is 0 Å². The predicted molar refractivity (Wildman–Crippen MR) is 110 cm³/mol. The Balaban J connectivity index is 0.000000396. The molecule has 0 aliphatic carbocycles. The van der Waals surface area contributed by atoms with E-state index in [1.54, 1.807) is 17.7 Å². The summed E-state index contributed by atoms with van der Waals surface area (Å²) in [6.07, 6.45) is -3.46. The number of nitrogens with two attached hydrogens (primary N) is 1. The number of ether oxygens (including phenoxy) is 1. The van der Waals surface area contributed by atoms with E-state index in [0.717, 1.165) is 22.6 Å². The monoisotopic (exact) mass is 442 g/mol. The topological polar surface area (TPSA) is 102 Å². The van der Waals surface area contributed by atoms with E-state index in [2.05, 4.69) is 33.1 Å². The molecule has 3 aromatic rings. The van der Waals surface area contributed by atoms with Crippen LogP contribution < -0.4 is 10.6 Å². The van der Waals surface area contributed by atoms with Gasteiger partial charge in [-0.3, -0.25) is 0 Å². The van der Waals surface area contributed by atoms with E-state index in [4.69, 9.17) is 20.4 Å². The van der Waals surface area contributed by atoms with Gasteiger partial charge in [-0.15, -0.1) is 11.3 Å². The number of thiophene rings is 1. The van der Waals surface area contributed by atoms with Crippen molar-refractivity contribution < 1.29 is 27.8 Å². The number of aliphatic carboxylic acids is 1. The van der Waals surface area contributed by atoms with Crippen LogP contribution >= 0.6 is 11.3 Å². The van der Waals surface area contributed by atoms with Crippen molar-refractivity contribution in [1.29, 1.82) is 0 Å². The van der Waals surface area contributed by atoms with Crippen LogP contribution in [-0.2, 0) is 9.53 Å². The van der Waals surface area contributed by atoms with Crippen LogP contribution in [0.3, 0.4) is 0 Å². The van der Waals surface area contributed by atoms with Crippen molar-refractivity contribution in [3.8, 4) is 10.4 Å². The molecule has 162 valence electrons. The molecule has 0 bridgehead atoms. The number of fused-ring (bicyclic) bond motifs is 1. The summed E-state index contributed by atoms with van der Waals surface area (Å²) in [5.74, 6) is -1.82. The molecule has 0 aliphatic heterocycles. The molecule has 7 nitrogen and oxygen atoms in total. The number of carbonyl (C=O) groups is 1. The molecule has 0 fully saturated rings. The lowest BCUT2D eigenvalue weighted by Gasteiger charge is -2.18. The van der Waals surface area contributed by atoms with Gasteiger partial charge in [-0.05, 0) is 11.6 Å². The molecule has 0 saturated carbocycles. The van der Waals surface area contributed by atoms with Crippen molar-refractivity contribution in [2.24, 2.45) is 5.73 Å². The lowest BCUT2D eigenvalue weighted by molar-refractivity contribution is -0.192. The van der Waals surface area contributed by atoms with Crippen LogP contribution in [0.1, 0.15) is 0 Å². The van der Waals surface area contributed by atoms with E-state index in [1.165, 1.54) is 10.4 Å². The summed E-state index contributed by atoms with van der Waals surface area (Å²) in [5, 5.41) is 8.21. The molecule has 0 saturated heterocycles. The van der Waals surface area contributed by atoms with Gasteiger partial charge in [0, 0.05) is 25.0 Å². The normalized spacial score (nSPS) is 11.1.